The zero-order valence-electron chi connectivity index (χ0n) is 18.8. The molecule has 2 aromatic carbocycles. The Kier molecular flexibility index (Phi) is 6.70. The summed E-state index contributed by atoms with van der Waals surface area (Å²) in [6, 6.07) is 9.77. The minimum atomic E-state index is -4.54. The van der Waals surface area contributed by atoms with Crippen molar-refractivity contribution in [2.24, 2.45) is 0 Å². The second-order valence-electron chi connectivity index (χ2n) is 7.87. The number of aryl methyl sites for hydroxylation is 1. The number of carbonyl (C=O) groups is 2. The summed E-state index contributed by atoms with van der Waals surface area (Å²) < 4.78 is 63.6. The minimum absolute atomic E-state index is 0.00506. The van der Waals surface area contributed by atoms with Crippen LogP contribution in [0.2, 0.25) is 0 Å². The van der Waals surface area contributed by atoms with Crippen LogP contribution in [0.1, 0.15) is 45.8 Å². The second-order valence-corrected chi connectivity index (χ2v) is 9.89. The van der Waals surface area contributed by atoms with Crippen LogP contribution >= 0.6 is 0 Å². The molecule has 0 radical (unpaired) electrons. The zero-order chi connectivity index (χ0) is 25.4. The van der Waals surface area contributed by atoms with Gasteiger partial charge in [-0.15, -0.1) is 0 Å². The Morgan fingerprint density at radius 3 is 2.24 bits per heavy atom. The van der Waals surface area contributed by atoms with Gasteiger partial charge in [-0.1, -0.05) is 18.2 Å². The van der Waals surface area contributed by atoms with Crippen LogP contribution < -0.4 is 5.32 Å². The average molecular weight is 494 g/mol. The number of carbonyl (C=O) groups excluding carboxylic acids is 2. The number of alkyl halides is 3. The van der Waals surface area contributed by atoms with Crippen LogP contribution in [-0.2, 0) is 20.8 Å². The number of ketones is 1. The van der Waals surface area contributed by atoms with E-state index in [0.717, 1.165) is 18.4 Å². The quantitative estimate of drug-likeness (QED) is 0.414. The van der Waals surface area contributed by atoms with Crippen LogP contribution in [0.3, 0.4) is 0 Å². The van der Waals surface area contributed by atoms with Gasteiger partial charge in [-0.25, -0.2) is 13.1 Å². The first kappa shape index (κ1) is 25.2. The molecule has 0 spiro atoms. The Hall–Kier alpha value is -3.47. The van der Waals surface area contributed by atoms with Gasteiger partial charge in [0.05, 0.1) is 39.1 Å². The third-order valence-corrected chi connectivity index (χ3v) is 6.43. The number of nitrogens with one attached hydrogen (secondary N) is 1. The van der Waals surface area contributed by atoms with Gasteiger partial charge in [0.1, 0.15) is 0 Å². The Morgan fingerprint density at radius 2 is 1.68 bits per heavy atom. The molecule has 1 amide bonds. The Morgan fingerprint density at radius 1 is 1.06 bits per heavy atom. The highest BCUT2D eigenvalue weighted by Crippen LogP contribution is 2.31. The zero-order valence-corrected chi connectivity index (χ0v) is 19.6. The normalized spacial score (nSPS) is 12.9. The summed E-state index contributed by atoms with van der Waals surface area (Å²) in [7, 11) is -3.37. The van der Waals surface area contributed by atoms with Crippen LogP contribution in [0.4, 0.5) is 13.2 Å². The maximum atomic E-state index is 13.1. The maximum absolute atomic E-state index is 13.1. The largest absolute Gasteiger partial charge is 0.416 e. The molecule has 0 fully saturated rings. The third-order valence-electron chi connectivity index (χ3n) is 5.30. The van der Waals surface area contributed by atoms with Gasteiger partial charge in [-0.05, 0) is 56.7 Å². The predicted molar refractivity (Wildman–Crippen MR) is 118 cm³/mol. The monoisotopic (exact) mass is 493 g/mol. The van der Waals surface area contributed by atoms with Gasteiger partial charge >= 0.3 is 6.18 Å². The van der Waals surface area contributed by atoms with E-state index in [0.29, 0.717) is 5.56 Å². The number of hydrogen-bond donors (Lipinski definition) is 1. The van der Waals surface area contributed by atoms with Crippen molar-refractivity contribution >= 4 is 21.5 Å². The van der Waals surface area contributed by atoms with Crippen molar-refractivity contribution in [2.45, 2.75) is 37.9 Å². The molecular weight excluding hydrogens is 471 g/mol. The lowest BCUT2D eigenvalue weighted by atomic mass is 10.1. The summed E-state index contributed by atoms with van der Waals surface area (Å²) in [6.45, 7) is 4.62. The van der Waals surface area contributed by atoms with Gasteiger partial charge in [0.15, 0.2) is 9.84 Å². The lowest BCUT2D eigenvalue weighted by Gasteiger charge is -2.14. The maximum Gasteiger partial charge on any atom is 0.416 e. The van der Waals surface area contributed by atoms with Gasteiger partial charge in [-0.2, -0.15) is 18.3 Å². The van der Waals surface area contributed by atoms with E-state index in [9.17, 15) is 31.2 Å². The van der Waals surface area contributed by atoms with E-state index in [1.807, 2.05) is 0 Å². The van der Waals surface area contributed by atoms with Crippen LogP contribution in [-0.4, -0.2) is 36.1 Å². The van der Waals surface area contributed by atoms with Crippen molar-refractivity contribution in [2.75, 3.05) is 6.26 Å². The molecule has 3 aromatic rings. The number of hydrogen-bond acceptors (Lipinski definition) is 5. The molecule has 0 aliphatic rings. The van der Waals surface area contributed by atoms with Crippen LogP contribution in [0.5, 0.6) is 0 Å². The van der Waals surface area contributed by atoms with Crippen molar-refractivity contribution in [3.63, 3.8) is 0 Å². The molecule has 7 nitrogen and oxygen atoms in total. The topological polar surface area (TPSA) is 98.1 Å². The Balaban J connectivity index is 1.84. The van der Waals surface area contributed by atoms with Crippen molar-refractivity contribution in [1.82, 2.24) is 15.1 Å². The molecule has 1 heterocycles. The van der Waals surface area contributed by atoms with Gasteiger partial charge in [0.2, 0.25) is 0 Å². The fourth-order valence-electron chi connectivity index (χ4n) is 3.50. The van der Waals surface area contributed by atoms with Gasteiger partial charge < -0.3 is 5.32 Å². The number of sulfone groups is 1. The van der Waals surface area contributed by atoms with E-state index in [1.165, 1.54) is 54.9 Å². The molecule has 0 saturated heterocycles. The molecule has 180 valence electrons. The Bertz CT molecular complexity index is 1360. The van der Waals surface area contributed by atoms with Gasteiger partial charge in [0, 0.05) is 6.26 Å². The van der Waals surface area contributed by atoms with Crippen molar-refractivity contribution in [3.05, 3.63) is 76.6 Å². The van der Waals surface area contributed by atoms with E-state index >= 15 is 0 Å². The van der Waals surface area contributed by atoms with E-state index in [-0.39, 0.29) is 27.5 Å². The van der Waals surface area contributed by atoms with E-state index in [1.54, 1.807) is 6.92 Å². The van der Waals surface area contributed by atoms with E-state index in [2.05, 4.69) is 10.4 Å². The summed E-state index contributed by atoms with van der Waals surface area (Å²) >= 11 is 0. The van der Waals surface area contributed by atoms with Crippen LogP contribution in [0, 0.1) is 13.8 Å². The molecule has 1 N–H and O–H groups in total. The van der Waals surface area contributed by atoms with Crippen molar-refractivity contribution < 1.29 is 31.2 Å². The number of rotatable bonds is 6. The predicted octanol–water partition coefficient (Wildman–Crippen LogP) is 3.97. The number of amides is 1. The lowest BCUT2D eigenvalue weighted by Crippen LogP contribution is -2.33. The third kappa shape index (κ3) is 5.19. The smallest absolute Gasteiger partial charge is 0.343 e. The fourth-order valence-corrected chi connectivity index (χ4v) is 4.13. The van der Waals surface area contributed by atoms with Crippen LogP contribution in [0.15, 0.2) is 53.4 Å². The molecule has 1 aromatic heterocycles. The SMILES string of the molecule is Cc1nn(-c2cccc(C(F)(F)F)c2)c(C)c1C(=O)C(=O)N[C@H](C)c1ccc(S(C)(=O)=O)cc1. The molecule has 11 heteroatoms. The first-order valence-electron chi connectivity index (χ1n) is 10.1. The number of nitrogens with zero attached hydrogens (tertiary/aromatic N) is 2. The number of Topliss-reactive ketones (excluding diaryl/α,β-unsaturated/α-hetero) is 1. The number of benzene rings is 2. The molecule has 0 aliphatic carbocycles. The molecule has 34 heavy (non-hydrogen) atoms. The fraction of sp³-hybridized carbons (Fsp3) is 0.261. The summed E-state index contributed by atoms with van der Waals surface area (Å²) in [5, 5.41) is 6.73. The summed E-state index contributed by atoms with van der Waals surface area (Å²) in [4.78, 5) is 25.7. The van der Waals surface area contributed by atoms with Crippen molar-refractivity contribution in [3.8, 4) is 5.69 Å². The van der Waals surface area contributed by atoms with Crippen molar-refractivity contribution in [1.29, 1.82) is 0 Å². The lowest BCUT2D eigenvalue weighted by molar-refractivity contribution is -0.137. The molecule has 0 bridgehead atoms. The van der Waals surface area contributed by atoms with Crippen LogP contribution in [0.25, 0.3) is 5.69 Å². The number of aromatic nitrogens is 2. The highest BCUT2D eigenvalue weighted by molar-refractivity contribution is 7.90. The first-order chi connectivity index (χ1) is 15.7. The van der Waals surface area contributed by atoms with E-state index in [4.69, 9.17) is 0 Å². The van der Waals surface area contributed by atoms with Gasteiger partial charge in [-0.3, -0.25) is 9.59 Å². The molecule has 0 unspecified atom stereocenters. The molecule has 1 atom stereocenters. The summed E-state index contributed by atoms with van der Waals surface area (Å²) in [6.07, 6.45) is -3.46. The standard InChI is InChI=1S/C23H22F3N3O4S/c1-13(16-8-10-19(11-9-16)34(4,32)33)27-22(31)21(30)20-14(2)28-29(15(20)3)18-7-5-6-17(12-18)23(24,25)26/h5-13H,1-4H3,(H,27,31)/t13-/m1/s1. The average Bonchev–Trinajstić information content (AvgIpc) is 3.06. The van der Waals surface area contributed by atoms with Gasteiger partial charge in [0.25, 0.3) is 11.7 Å². The molecule has 3 rings (SSSR count). The molecule has 0 aliphatic heterocycles. The highest BCUT2D eigenvalue weighted by atomic mass is 32.2. The van der Waals surface area contributed by atoms with E-state index < -0.39 is 39.3 Å². The Labute approximate surface area is 194 Å². The summed E-state index contributed by atoms with van der Waals surface area (Å²) in [5.41, 5.74) is 0.242. The molecular formula is C23H22F3N3O4S. The summed E-state index contributed by atoms with van der Waals surface area (Å²) in [5.74, 6) is -1.80. The number of halogens is 3. The minimum Gasteiger partial charge on any atom is -0.343 e. The highest BCUT2D eigenvalue weighted by Gasteiger charge is 2.31. The first-order valence-corrected chi connectivity index (χ1v) is 12.0. The second kappa shape index (κ2) is 9.05. The molecule has 0 saturated carbocycles.